The molecule has 2 rings (SSSR count). The van der Waals surface area contributed by atoms with Crippen molar-refractivity contribution in [2.45, 2.75) is 56.9 Å². The summed E-state index contributed by atoms with van der Waals surface area (Å²) in [6.07, 6.45) is 4.43. The Labute approximate surface area is 96.8 Å². The zero-order valence-corrected chi connectivity index (χ0v) is 10.5. The lowest BCUT2D eigenvalue weighted by molar-refractivity contribution is -0.126. The van der Waals surface area contributed by atoms with Crippen molar-refractivity contribution in [1.82, 2.24) is 5.32 Å². The minimum absolute atomic E-state index is 0.0452. The van der Waals surface area contributed by atoms with Gasteiger partial charge in [0, 0.05) is 5.54 Å². The maximum Gasteiger partial charge on any atom is 0.241 e. The van der Waals surface area contributed by atoms with Gasteiger partial charge in [-0.05, 0) is 51.9 Å². The Morgan fingerprint density at radius 3 is 2.47 bits per heavy atom. The zero-order valence-electron chi connectivity index (χ0n) is 9.77. The average molecular weight is 230 g/mol. The number of nitrogens with one attached hydrogen (secondary N) is 1. The smallest absolute Gasteiger partial charge is 0.241 e. The minimum Gasteiger partial charge on any atom is -0.350 e. The van der Waals surface area contributed by atoms with Gasteiger partial charge >= 0.3 is 0 Å². The molecular weight excluding hydrogens is 210 g/mol. The number of amides is 1. The van der Waals surface area contributed by atoms with E-state index in [1.54, 1.807) is 0 Å². The van der Waals surface area contributed by atoms with Gasteiger partial charge in [-0.1, -0.05) is 6.42 Å². The molecule has 15 heavy (non-hydrogen) atoms. The van der Waals surface area contributed by atoms with Gasteiger partial charge in [-0.25, -0.2) is 0 Å². The van der Waals surface area contributed by atoms with Crippen molar-refractivity contribution >= 4 is 17.5 Å². The number of carbonyl (C=O) groups is 1. The monoisotopic (exact) mass is 229 g/mol. The van der Waals surface area contributed by atoms with Gasteiger partial charge in [0.25, 0.3) is 0 Å². The highest BCUT2D eigenvalue weighted by atomic mass is 35.5. The summed E-state index contributed by atoms with van der Waals surface area (Å²) in [6, 6.07) is 0. The number of hydrogen-bond acceptors (Lipinski definition) is 1. The molecule has 2 bridgehead atoms. The summed E-state index contributed by atoms with van der Waals surface area (Å²) in [4.78, 5) is 11.5. The summed E-state index contributed by atoms with van der Waals surface area (Å²) in [5.41, 5.74) is -0.180. The molecule has 2 fully saturated rings. The van der Waals surface area contributed by atoms with Gasteiger partial charge < -0.3 is 5.32 Å². The highest BCUT2D eigenvalue weighted by molar-refractivity contribution is 6.35. The fourth-order valence-electron chi connectivity index (χ4n) is 2.99. The molecule has 0 radical (unpaired) electrons. The van der Waals surface area contributed by atoms with Crippen LogP contribution >= 0.6 is 11.6 Å². The van der Waals surface area contributed by atoms with E-state index in [0.717, 1.165) is 19.3 Å². The second-order valence-corrected chi connectivity index (χ2v) is 6.82. The van der Waals surface area contributed by atoms with E-state index in [9.17, 15) is 4.79 Å². The van der Waals surface area contributed by atoms with Crippen LogP contribution in [0.1, 0.15) is 46.5 Å². The number of fused-ring (bicyclic) bond motifs is 2. The van der Waals surface area contributed by atoms with Crippen molar-refractivity contribution in [2.75, 3.05) is 0 Å². The quantitative estimate of drug-likeness (QED) is 0.689. The van der Waals surface area contributed by atoms with Crippen LogP contribution in [-0.2, 0) is 4.79 Å². The summed E-state index contributed by atoms with van der Waals surface area (Å²) in [6.45, 7) is 6.00. The number of carbonyl (C=O) groups excluding carboxylic acids is 1. The van der Waals surface area contributed by atoms with Crippen LogP contribution in [0.4, 0.5) is 0 Å². The second-order valence-electron chi connectivity index (χ2n) is 6.15. The molecular formula is C12H20ClNO. The Bertz CT molecular complexity index is 284. The van der Waals surface area contributed by atoms with Gasteiger partial charge in [-0.15, -0.1) is 11.6 Å². The summed E-state index contributed by atoms with van der Waals surface area (Å²) >= 11 is 6.51. The standard InChI is InChI=1S/C12H20ClNO/c1-11(2,3)14-10(15)12(13)7-8-4-5-9(12)6-8/h8-9H,4-7H2,1-3H3,(H,14,15)/t8-,9-,12+/m1/s1. The van der Waals surface area contributed by atoms with Crippen LogP contribution in [0.2, 0.25) is 0 Å². The number of rotatable bonds is 1. The molecule has 1 amide bonds. The molecule has 0 unspecified atom stereocenters. The largest absolute Gasteiger partial charge is 0.350 e. The lowest BCUT2D eigenvalue weighted by Crippen LogP contribution is -2.52. The number of alkyl halides is 1. The van der Waals surface area contributed by atoms with Crippen LogP contribution in [0.15, 0.2) is 0 Å². The maximum absolute atomic E-state index is 12.1. The Hall–Kier alpha value is -0.240. The van der Waals surface area contributed by atoms with Crippen LogP contribution in [0.5, 0.6) is 0 Å². The highest BCUT2D eigenvalue weighted by Gasteiger charge is 2.54. The third kappa shape index (κ3) is 2.01. The van der Waals surface area contributed by atoms with Crippen molar-refractivity contribution in [3.63, 3.8) is 0 Å². The Morgan fingerprint density at radius 1 is 1.40 bits per heavy atom. The molecule has 0 spiro atoms. The molecule has 0 aliphatic heterocycles. The number of halogens is 1. The Balaban J connectivity index is 2.07. The summed E-state index contributed by atoms with van der Waals surface area (Å²) < 4.78 is 0. The van der Waals surface area contributed by atoms with E-state index < -0.39 is 4.87 Å². The van der Waals surface area contributed by atoms with Crippen molar-refractivity contribution in [3.05, 3.63) is 0 Å². The fourth-order valence-corrected chi connectivity index (χ4v) is 3.45. The molecule has 0 aromatic heterocycles. The predicted octanol–water partition coefficient (Wildman–Crippen LogP) is 2.70. The van der Waals surface area contributed by atoms with E-state index >= 15 is 0 Å². The van der Waals surface area contributed by atoms with Gasteiger partial charge in [0.15, 0.2) is 0 Å². The molecule has 3 heteroatoms. The van der Waals surface area contributed by atoms with E-state index in [0.29, 0.717) is 11.8 Å². The molecule has 0 heterocycles. The van der Waals surface area contributed by atoms with Gasteiger partial charge in [0.2, 0.25) is 5.91 Å². The molecule has 1 N–H and O–H groups in total. The Morgan fingerprint density at radius 2 is 2.07 bits per heavy atom. The SMILES string of the molecule is CC(C)(C)NC(=O)[C@]1(Cl)C[C@@H]2CC[C@@H]1C2. The number of hydrogen-bond donors (Lipinski definition) is 1. The zero-order chi connectivity index (χ0) is 11.3. The third-order valence-corrected chi connectivity index (χ3v) is 4.27. The first kappa shape index (κ1) is 11.3. The van der Waals surface area contributed by atoms with Crippen molar-refractivity contribution in [1.29, 1.82) is 0 Å². The predicted molar refractivity (Wildman–Crippen MR) is 61.9 cm³/mol. The van der Waals surface area contributed by atoms with Crippen molar-refractivity contribution in [2.24, 2.45) is 11.8 Å². The molecule has 3 atom stereocenters. The normalized spacial score (nSPS) is 39.5. The molecule has 86 valence electrons. The van der Waals surface area contributed by atoms with E-state index in [1.165, 1.54) is 6.42 Å². The second kappa shape index (κ2) is 3.38. The van der Waals surface area contributed by atoms with Crippen LogP contribution in [0.25, 0.3) is 0 Å². The van der Waals surface area contributed by atoms with Crippen LogP contribution in [0.3, 0.4) is 0 Å². The van der Waals surface area contributed by atoms with Gasteiger partial charge in [-0.3, -0.25) is 4.79 Å². The van der Waals surface area contributed by atoms with E-state index in [1.807, 2.05) is 20.8 Å². The van der Waals surface area contributed by atoms with E-state index in [4.69, 9.17) is 11.6 Å². The topological polar surface area (TPSA) is 29.1 Å². The Kier molecular flexibility index (Phi) is 2.53. The summed E-state index contributed by atoms with van der Waals surface area (Å²) in [5.74, 6) is 1.15. The van der Waals surface area contributed by atoms with Crippen LogP contribution < -0.4 is 5.32 Å². The van der Waals surface area contributed by atoms with Crippen LogP contribution in [0, 0.1) is 11.8 Å². The summed E-state index contributed by atoms with van der Waals surface area (Å²) in [7, 11) is 0. The van der Waals surface area contributed by atoms with Gasteiger partial charge in [0.1, 0.15) is 4.87 Å². The van der Waals surface area contributed by atoms with Gasteiger partial charge in [-0.2, -0.15) is 0 Å². The first-order valence-electron chi connectivity index (χ1n) is 5.83. The van der Waals surface area contributed by atoms with Crippen LogP contribution in [-0.4, -0.2) is 16.3 Å². The molecule has 2 aliphatic carbocycles. The average Bonchev–Trinajstić information content (AvgIpc) is 2.60. The van der Waals surface area contributed by atoms with Crippen molar-refractivity contribution in [3.8, 4) is 0 Å². The molecule has 2 saturated carbocycles. The molecule has 0 aromatic rings. The fraction of sp³-hybridized carbons (Fsp3) is 0.917. The minimum atomic E-state index is -0.601. The maximum atomic E-state index is 12.1. The molecule has 2 aliphatic rings. The van der Waals surface area contributed by atoms with E-state index in [2.05, 4.69) is 5.32 Å². The lowest BCUT2D eigenvalue weighted by Gasteiger charge is -2.33. The van der Waals surface area contributed by atoms with E-state index in [-0.39, 0.29) is 11.4 Å². The molecule has 0 aromatic carbocycles. The third-order valence-electron chi connectivity index (χ3n) is 3.64. The molecule has 0 saturated heterocycles. The van der Waals surface area contributed by atoms with Gasteiger partial charge in [0.05, 0.1) is 0 Å². The summed E-state index contributed by atoms with van der Waals surface area (Å²) in [5, 5.41) is 3.02. The van der Waals surface area contributed by atoms with Crippen molar-refractivity contribution < 1.29 is 4.79 Å². The first-order valence-corrected chi connectivity index (χ1v) is 6.20. The lowest BCUT2D eigenvalue weighted by atomic mass is 9.86. The molecule has 2 nitrogen and oxygen atoms in total. The first-order chi connectivity index (χ1) is 6.81. The highest BCUT2D eigenvalue weighted by Crippen LogP contribution is 2.54.